The van der Waals surface area contributed by atoms with Crippen molar-refractivity contribution < 1.29 is 14.3 Å². The summed E-state index contributed by atoms with van der Waals surface area (Å²) in [4.78, 5) is 11.1. The summed E-state index contributed by atoms with van der Waals surface area (Å²) in [6.45, 7) is 8.23. The first kappa shape index (κ1) is 12.6. The highest BCUT2D eigenvalue weighted by atomic mass is 16.7. The van der Waals surface area contributed by atoms with Gasteiger partial charge in [0.15, 0.2) is 6.79 Å². The molecule has 2 fully saturated rings. The van der Waals surface area contributed by atoms with Gasteiger partial charge in [-0.25, -0.2) is 4.79 Å². The van der Waals surface area contributed by atoms with Gasteiger partial charge in [-0.3, -0.25) is 0 Å². The Hall–Kier alpha value is -0.830. The van der Waals surface area contributed by atoms with Crippen molar-refractivity contribution in [1.82, 2.24) is 0 Å². The number of ether oxygens (including phenoxy) is 2. The molecule has 17 heavy (non-hydrogen) atoms. The number of carbonyl (C=O) groups is 1. The SMILES string of the molecule is C=C(C)C(=O)OCOCC1(C)CC2CCC1C2. The molecule has 0 aliphatic heterocycles. The van der Waals surface area contributed by atoms with Gasteiger partial charge in [0.25, 0.3) is 0 Å². The second-order valence-corrected chi connectivity index (χ2v) is 5.91. The van der Waals surface area contributed by atoms with Crippen LogP contribution in [0.2, 0.25) is 0 Å². The van der Waals surface area contributed by atoms with Crippen LogP contribution < -0.4 is 0 Å². The minimum atomic E-state index is -0.372. The summed E-state index contributed by atoms with van der Waals surface area (Å²) in [7, 11) is 0. The molecule has 2 aliphatic carbocycles. The smallest absolute Gasteiger partial charge is 0.335 e. The molecular weight excluding hydrogens is 216 g/mol. The Labute approximate surface area is 103 Å². The molecule has 2 aliphatic rings. The van der Waals surface area contributed by atoms with Gasteiger partial charge in [0.05, 0.1) is 6.61 Å². The molecule has 0 spiro atoms. The minimum absolute atomic E-state index is 0.0542. The largest absolute Gasteiger partial charge is 0.435 e. The molecule has 3 heteroatoms. The van der Waals surface area contributed by atoms with E-state index in [1.807, 2.05) is 0 Å². The maximum Gasteiger partial charge on any atom is 0.335 e. The van der Waals surface area contributed by atoms with E-state index in [0.717, 1.165) is 11.8 Å². The third-order valence-corrected chi connectivity index (χ3v) is 4.34. The molecule has 3 nitrogen and oxygen atoms in total. The average Bonchev–Trinajstić information content (AvgIpc) is 2.83. The molecule has 3 unspecified atom stereocenters. The van der Waals surface area contributed by atoms with Crippen LogP contribution in [-0.2, 0) is 14.3 Å². The third-order valence-electron chi connectivity index (χ3n) is 4.34. The molecule has 2 bridgehead atoms. The number of esters is 1. The number of fused-ring (bicyclic) bond motifs is 2. The Bertz CT molecular complexity index is 323. The number of hydrogen-bond donors (Lipinski definition) is 0. The average molecular weight is 238 g/mol. The second-order valence-electron chi connectivity index (χ2n) is 5.91. The van der Waals surface area contributed by atoms with E-state index in [-0.39, 0.29) is 12.8 Å². The fourth-order valence-corrected chi connectivity index (χ4v) is 3.39. The summed E-state index contributed by atoms with van der Waals surface area (Å²) in [5.41, 5.74) is 0.721. The summed E-state index contributed by atoms with van der Waals surface area (Å²) in [6.07, 6.45) is 5.37. The van der Waals surface area contributed by atoms with Crippen LogP contribution in [-0.4, -0.2) is 19.4 Å². The van der Waals surface area contributed by atoms with Crippen molar-refractivity contribution in [3.05, 3.63) is 12.2 Å². The zero-order chi connectivity index (χ0) is 12.5. The lowest BCUT2D eigenvalue weighted by Gasteiger charge is -2.33. The van der Waals surface area contributed by atoms with Crippen LogP contribution in [0.25, 0.3) is 0 Å². The van der Waals surface area contributed by atoms with E-state index in [0.29, 0.717) is 17.6 Å². The fourth-order valence-electron chi connectivity index (χ4n) is 3.39. The van der Waals surface area contributed by atoms with E-state index in [2.05, 4.69) is 13.5 Å². The monoisotopic (exact) mass is 238 g/mol. The zero-order valence-electron chi connectivity index (χ0n) is 10.8. The van der Waals surface area contributed by atoms with Crippen molar-refractivity contribution in [2.45, 2.75) is 39.5 Å². The highest BCUT2D eigenvalue weighted by Crippen LogP contribution is 2.55. The quantitative estimate of drug-likeness (QED) is 0.320. The van der Waals surface area contributed by atoms with Gasteiger partial charge in [-0.1, -0.05) is 19.9 Å². The van der Waals surface area contributed by atoms with Crippen molar-refractivity contribution in [1.29, 1.82) is 0 Å². The molecule has 0 heterocycles. The number of carbonyl (C=O) groups excluding carboxylic acids is 1. The van der Waals surface area contributed by atoms with Crippen molar-refractivity contribution in [2.75, 3.05) is 13.4 Å². The summed E-state index contributed by atoms with van der Waals surface area (Å²) in [5, 5.41) is 0. The van der Waals surface area contributed by atoms with Crippen LogP contribution in [0.4, 0.5) is 0 Å². The van der Waals surface area contributed by atoms with Gasteiger partial charge in [0.1, 0.15) is 0 Å². The first-order valence-corrected chi connectivity index (χ1v) is 6.41. The molecular formula is C14H22O3. The van der Waals surface area contributed by atoms with Gasteiger partial charge in [-0.2, -0.15) is 0 Å². The molecule has 0 radical (unpaired) electrons. The normalized spacial score (nSPS) is 34.9. The zero-order valence-corrected chi connectivity index (χ0v) is 10.8. The Morgan fingerprint density at radius 1 is 1.47 bits per heavy atom. The van der Waals surface area contributed by atoms with Crippen LogP contribution in [0.3, 0.4) is 0 Å². The second kappa shape index (κ2) is 4.81. The maximum absolute atomic E-state index is 11.1. The molecule has 2 saturated carbocycles. The number of hydrogen-bond acceptors (Lipinski definition) is 3. The van der Waals surface area contributed by atoms with Gasteiger partial charge in [-0.15, -0.1) is 0 Å². The highest BCUT2D eigenvalue weighted by Gasteiger charge is 2.47. The topological polar surface area (TPSA) is 35.5 Å². The molecule has 0 saturated heterocycles. The summed E-state index contributed by atoms with van der Waals surface area (Å²) >= 11 is 0. The molecule has 96 valence electrons. The first-order valence-electron chi connectivity index (χ1n) is 6.41. The summed E-state index contributed by atoms with van der Waals surface area (Å²) < 4.78 is 10.4. The van der Waals surface area contributed by atoms with Crippen LogP contribution in [0.5, 0.6) is 0 Å². The van der Waals surface area contributed by atoms with E-state index in [9.17, 15) is 4.79 Å². The maximum atomic E-state index is 11.1. The van der Waals surface area contributed by atoms with E-state index < -0.39 is 0 Å². The standard InChI is InChI=1S/C14H22O3/c1-10(2)13(15)17-9-16-8-14(3)7-11-4-5-12(14)6-11/h11-12H,1,4-9H2,2-3H3. The predicted octanol–water partition coefficient (Wildman–Crippen LogP) is 2.91. The van der Waals surface area contributed by atoms with Crippen molar-refractivity contribution >= 4 is 5.97 Å². The van der Waals surface area contributed by atoms with Gasteiger partial charge >= 0.3 is 5.97 Å². The van der Waals surface area contributed by atoms with Crippen LogP contribution >= 0.6 is 0 Å². The fraction of sp³-hybridized carbons (Fsp3) is 0.786. The van der Waals surface area contributed by atoms with Crippen LogP contribution in [0.15, 0.2) is 12.2 Å². The van der Waals surface area contributed by atoms with Crippen molar-refractivity contribution in [2.24, 2.45) is 17.3 Å². The van der Waals surface area contributed by atoms with E-state index in [1.54, 1.807) is 6.92 Å². The summed E-state index contributed by atoms with van der Waals surface area (Å²) in [6, 6.07) is 0. The van der Waals surface area contributed by atoms with Crippen molar-refractivity contribution in [3.8, 4) is 0 Å². The highest BCUT2D eigenvalue weighted by molar-refractivity contribution is 5.86. The van der Waals surface area contributed by atoms with E-state index in [4.69, 9.17) is 9.47 Å². The van der Waals surface area contributed by atoms with Crippen LogP contribution in [0.1, 0.15) is 39.5 Å². The molecule has 0 N–H and O–H groups in total. The molecule has 2 rings (SSSR count). The lowest BCUT2D eigenvalue weighted by molar-refractivity contribution is -0.155. The van der Waals surface area contributed by atoms with E-state index in [1.165, 1.54) is 25.7 Å². The van der Waals surface area contributed by atoms with Crippen LogP contribution in [0, 0.1) is 17.3 Å². The lowest BCUT2D eigenvalue weighted by Crippen LogP contribution is -2.30. The van der Waals surface area contributed by atoms with Gasteiger partial charge in [-0.05, 0) is 43.4 Å². The molecule has 3 atom stereocenters. The first-order chi connectivity index (χ1) is 8.01. The Balaban J connectivity index is 1.69. The van der Waals surface area contributed by atoms with Gasteiger partial charge < -0.3 is 9.47 Å². The molecule has 0 aromatic heterocycles. The predicted molar refractivity (Wildman–Crippen MR) is 65.3 cm³/mol. The molecule has 0 aromatic carbocycles. The minimum Gasteiger partial charge on any atom is -0.435 e. The van der Waals surface area contributed by atoms with Gasteiger partial charge in [0.2, 0.25) is 0 Å². The number of rotatable bonds is 5. The lowest BCUT2D eigenvalue weighted by atomic mass is 9.75. The Morgan fingerprint density at radius 3 is 2.76 bits per heavy atom. The molecule has 0 amide bonds. The Kier molecular flexibility index (Phi) is 3.57. The molecule has 0 aromatic rings. The van der Waals surface area contributed by atoms with Gasteiger partial charge in [0, 0.05) is 5.57 Å². The van der Waals surface area contributed by atoms with E-state index >= 15 is 0 Å². The Morgan fingerprint density at radius 2 is 2.24 bits per heavy atom. The third kappa shape index (κ3) is 2.71. The summed E-state index contributed by atoms with van der Waals surface area (Å²) in [5.74, 6) is 1.35. The van der Waals surface area contributed by atoms with Crippen molar-refractivity contribution in [3.63, 3.8) is 0 Å².